The van der Waals surface area contributed by atoms with E-state index in [1.54, 1.807) is 0 Å². The summed E-state index contributed by atoms with van der Waals surface area (Å²) in [5.41, 5.74) is 8.30. The van der Waals surface area contributed by atoms with Crippen LogP contribution < -0.4 is 11.1 Å². The first kappa shape index (κ1) is 15.0. The number of carbonyl (C=O) groups excluding carboxylic acids is 1. The average Bonchev–Trinajstić information content (AvgIpc) is 2.89. The molecule has 3 nitrogen and oxygen atoms in total. The Kier molecular flexibility index (Phi) is 5.60. The van der Waals surface area contributed by atoms with Gasteiger partial charge < -0.3 is 11.1 Å². The van der Waals surface area contributed by atoms with Crippen LogP contribution in [0, 0.1) is 11.8 Å². The lowest BCUT2D eigenvalue weighted by atomic mass is 9.99. The Morgan fingerprint density at radius 1 is 1.30 bits per heavy atom. The van der Waals surface area contributed by atoms with Gasteiger partial charge in [0.15, 0.2) is 0 Å². The van der Waals surface area contributed by atoms with E-state index in [0.29, 0.717) is 12.5 Å². The van der Waals surface area contributed by atoms with Crippen molar-refractivity contribution in [3.8, 4) is 0 Å². The SMILES string of the molecule is CCCC(CCN)CNC(=O)C1Cc2ccccc2C1. The molecule has 1 aliphatic carbocycles. The average molecular weight is 274 g/mol. The molecule has 0 heterocycles. The zero-order valence-corrected chi connectivity index (χ0v) is 12.4. The number of amides is 1. The smallest absolute Gasteiger partial charge is 0.223 e. The summed E-state index contributed by atoms with van der Waals surface area (Å²) in [6.07, 6.45) is 5.06. The molecule has 0 bridgehead atoms. The van der Waals surface area contributed by atoms with Crippen molar-refractivity contribution in [2.24, 2.45) is 17.6 Å². The van der Waals surface area contributed by atoms with Crippen molar-refractivity contribution in [3.05, 3.63) is 35.4 Å². The highest BCUT2D eigenvalue weighted by Gasteiger charge is 2.27. The number of nitrogens with one attached hydrogen (secondary N) is 1. The molecule has 1 aromatic rings. The third-order valence-electron chi connectivity index (χ3n) is 4.26. The van der Waals surface area contributed by atoms with Gasteiger partial charge in [-0.25, -0.2) is 0 Å². The lowest BCUT2D eigenvalue weighted by molar-refractivity contribution is -0.124. The van der Waals surface area contributed by atoms with Crippen LogP contribution in [0.1, 0.15) is 37.3 Å². The van der Waals surface area contributed by atoms with Gasteiger partial charge in [0.2, 0.25) is 5.91 Å². The molecule has 1 aliphatic rings. The second-order valence-electron chi connectivity index (χ2n) is 5.85. The summed E-state index contributed by atoms with van der Waals surface area (Å²) in [6.45, 7) is 3.66. The zero-order valence-electron chi connectivity index (χ0n) is 12.4. The van der Waals surface area contributed by atoms with Crippen molar-refractivity contribution >= 4 is 5.91 Å². The standard InChI is InChI=1S/C17H26N2O/c1-2-5-13(8-9-18)12-19-17(20)16-10-14-6-3-4-7-15(14)11-16/h3-4,6-7,13,16H,2,5,8-12,18H2,1H3,(H,19,20). The van der Waals surface area contributed by atoms with Crippen molar-refractivity contribution < 1.29 is 4.79 Å². The molecule has 1 aromatic carbocycles. The Bertz CT molecular complexity index is 413. The summed E-state index contributed by atoms with van der Waals surface area (Å²) in [5, 5.41) is 3.13. The Labute approximate surface area is 121 Å². The van der Waals surface area contributed by atoms with Crippen molar-refractivity contribution in [1.82, 2.24) is 5.32 Å². The summed E-state index contributed by atoms with van der Waals surface area (Å²) in [5.74, 6) is 0.851. The van der Waals surface area contributed by atoms with Crippen LogP contribution in [0.5, 0.6) is 0 Å². The molecule has 0 aliphatic heterocycles. The molecular weight excluding hydrogens is 248 g/mol. The van der Waals surface area contributed by atoms with E-state index in [0.717, 1.165) is 38.6 Å². The van der Waals surface area contributed by atoms with Crippen LogP contribution in [0.3, 0.4) is 0 Å². The fourth-order valence-corrected chi connectivity index (χ4v) is 3.13. The molecule has 0 radical (unpaired) electrons. The van der Waals surface area contributed by atoms with Gasteiger partial charge in [-0.2, -0.15) is 0 Å². The van der Waals surface area contributed by atoms with Crippen LogP contribution in [0.15, 0.2) is 24.3 Å². The molecular formula is C17H26N2O. The van der Waals surface area contributed by atoms with E-state index in [9.17, 15) is 4.79 Å². The molecule has 1 unspecified atom stereocenters. The van der Waals surface area contributed by atoms with E-state index in [2.05, 4.69) is 36.5 Å². The summed E-state index contributed by atoms with van der Waals surface area (Å²) in [4.78, 5) is 12.3. The Morgan fingerprint density at radius 2 is 1.95 bits per heavy atom. The molecule has 1 atom stereocenters. The maximum absolute atomic E-state index is 12.3. The first-order chi connectivity index (χ1) is 9.74. The van der Waals surface area contributed by atoms with Crippen LogP contribution in [-0.2, 0) is 17.6 Å². The number of carbonyl (C=O) groups is 1. The van der Waals surface area contributed by atoms with E-state index in [1.165, 1.54) is 11.1 Å². The predicted octanol–water partition coefficient (Wildman–Crippen LogP) is 2.28. The van der Waals surface area contributed by atoms with Gasteiger partial charge >= 0.3 is 0 Å². The summed E-state index contributed by atoms with van der Waals surface area (Å²) in [6, 6.07) is 8.38. The minimum atomic E-state index is 0.118. The third-order valence-corrected chi connectivity index (χ3v) is 4.26. The van der Waals surface area contributed by atoms with Gasteiger partial charge in [0.05, 0.1) is 0 Å². The van der Waals surface area contributed by atoms with Gasteiger partial charge in [-0.05, 0) is 49.3 Å². The molecule has 110 valence electrons. The molecule has 20 heavy (non-hydrogen) atoms. The van der Waals surface area contributed by atoms with E-state index < -0.39 is 0 Å². The van der Waals surface area contributed by atoms with Crippen LogP contribution >= 0.6 is 0 Å². The minimum Gasteiger partial charge on any atom is -0.356 e. The second kappa shape index (κ2) is 7.44. The van der Waals surface area contributed by atoms with Crippen molar-refractivity contribution in [2.75, 3.05) is 13.1 Å². The largest absolute Gasteiger partial charge is 0.356 e. The second-order valence-corrected chi connectivity index (χ2v) is 5.85. The van der Waals surface area contributed by atoms with Crippen molar-refractivity contribution in [3.63, 3.8) is 0 Å². The molecule has 0 fully saturated rings. The Morgan fingerprint density at radius 3 is 2.50 bits per heavy atom. The van der Waals surface area contributed by atoms with E-state index >= 15 is 0 Å². The molecule has 2 rings (SSSR count). The number of hydrogen-bond donors (Lipinski definition) is 2. The number of fused-ring (bicyclic) bond motifs is 1. The molecule has 0 spiro atoms. The number of benzene rings is 1. The summed E-state index contributed by atoms with van der Waals surface area (Å²) in [7, 11) is 0. The fourth-order valence-electron chi connectivity index (χ4n) is 3.13. The summed E-state index contributed by atoms with van der Waals surface area (Å²) < 4.78 is 0. The van der Waals surface area contributed by atoms with Gasteiger partial charge in [-0.15, -0.1) is 0 Å². The van der Waals surface area contributed by atoms with Crippen LogP contribution in [0.2, 0.25) is 0 Å². The molecule has 3 N–H and O–H groups in total. The first-order valence-corrected chi connectivity index (χ1v) is 7.79. The Hall–Kier alpha value is -1.35. The maximum Gasteiger partial charge on any atom is 0.223 e. The van der Waals surface area contributed by atoms with E-state index in [-0.39, 0.29) is 11.8 Å². The number of rotatable bonds is 7. The molecule has 0 saturated carbocycles. The van der Waals surface area contributed by atoms with Crippen molar-refractivity contribution in [2.45, 2.75) is 39.0 Å². The topological polar surface area (TPSA) is 55.1 Å². The highest BCUT2D eigenvalue weighted by molar-refractivity contribution is 5.80. The highest BCUT2D eigenvalue weighted by Crippen LogP contribution is 2.26. The summed E-state index contributed by atoms with van der Waals surface area (Å²) >= 11 is 0. The molecule has 0 saturated heterocycles. The molecule has 1 amide bonds. The number of nitrogens with two attached hydrogens (primary N) is 1. The van der Waals surface area contributed by atoms with Gasteiger partial charge in [0, 0.05) is 12.5 Å². The van der Waals surface area contributed by atoms with Gasteiger partial charge in [-0.3, -0.25) is 4.79 Å². The number of hydrogen-bond acceptors (Lipinski definition) is 2. The maximum atomic E-state index is 12.3. The van der Waals surface area contributed by atoms with Crippen molar-refractivity contribution in [1.29, 1.82) is 0 Å². The van der Waals surface area contributed by atoms with Crippen LogP contribution in [-0.4, -0.2) is 19.0 Å². The Balaban J connectivity index is 1.81. The normalized spacial score (nSPS) is 15.9. The lowest BCUT2D eigenvalue weighted by Crippen LogP contribution is -2.35. The molecule has 3 heteroatoms. The monoisotopic (exact) mass is 274 g/mol. The zero-order chi connectivity index (χ0) is 14.4. The first-order valence-electron chi connectivity index (χ1n) is 7.79. The van der Waals surface area contributed by atoms with Crippen LogP contribution in [0.25, 0.3) is 0 Å². The lowest BCUT2D eigenvalue weighted by Gasteiger charge is -2.17. The predicted molar refractivity (Wildman–Crippen MR) is 82.4 cm³/mol. The minimum absolute atomic E-state index is 0.118. The fraction of sp³-hybridized carbons (Fsp3) is 0.588. The van der Waals surface area contributed by atoms with Gasteiger partial charge in [0.1, 0.15) is 0 Å². The van der Waals surface area contributed by atoms with E-state index in [1.807, 2.05) is 0 Å². The highest BCUT2D eigenvalue weighted by atomic mass is 16.1. The quantitative estimate of drug-likeness (QED) is 0.801. The van der Waals surface area contributed by atoms with Gasteiger partial charge in [-0.1, -0.05) is 37.6 Å². The van der Waals surface area contributed by atoms with Crippen LogP contribution in [0.4, 0.5) is 0 Å². The van der Waals surface area contributed by atoms with E-state index in [4.69, 9.17) is 5.73 Å². The third kappa shape index (κ3) is 3.83. The molecule has 0 aromatic heterocycles. The van der Waals surface area contributed by atoms with Gasteiger partial charge in [0.25, 0.3) is 0 Å².